The van der Waals surface area contributed by atoms with E-state index < -0.39 is 0 Å². The predicted octanol–water partition coefficient (Wildman–Crippen LogP) is -0.913. The van der Waals surface area contributed by atoms with Crippen molar-refractivity contribution in [1.82, 2.24) is 15.5 Å². The fourth-order valence-corrected chi connectivity index (χ4v) is 1.41. The van der Waals surface area contributed by atoms with E-state index in [9.17, 15) is 9.59 Å². The number of aromatic nitrogens is 2. The second-order valence-corrected chi connectivity index (χ2v) is 4.20. The molecule has 0 saturated carbocycles. The SMILES string of the molecule is CC1(OCC(=O)Nc2ccc(=O)[nH]n2)CNC1. The molecule has 0 bridgehead atoms. The average Bonchev–Trinajstić information content (AvgIpc) is 2.27. The van der Waals surface area contributed by atoms with Crippen LogP contribution in [0, 0.1) is 0 Å². The summed E-state index contributed by atoms with van der Waals surface area (Å²) in [5.74, 6) is 0.00719. The molecule has 2 rings (SSSR count). The largest absolute Gasteiger partial charge is 0.363 e. The van der Waals surface area contributed by atoms with Gasteiger partial charge in [-0.3, -0.25) is 9.59 Å². The first-order chi connectivity index (χ1) is 8.07. The molecule has 7 heteroatoms. The first-order valence-corrected chi connectivity index (χ1v) is 5.28. The number of aromatic amines is 1. The Balaban J connectivity index is 1.81. The van der Waals surface area contributed by atoms with Crippen LogP contribution in [0.3, 0.4) is 0 Å². The summed E-state index contributed by atoms with van der Waals surface area (Å²) in [5, 5.41) is 11.5. The number of amides is 1. The van der Waals surface area contributed by atoms with Gasteiger partial charge in [-0.05, 0) is 13.0 Å². The van der Waals surface area contributed by atoms with E-state index >= 15 is 0 Å². The van der Waals surface area contributed by atoms with Crippen LogP contribution in [-0.2, 0) is 9.53 Å². The smallest absolute Gasteiger partial charge is 0.264 e. The highest BCUT2D eigenvalue weighted by Crippen LogP contribution is 2.14. The lowest BCUT2D eigenvalue weighted by Gasteiger charge is -2.38. The van der Waals surface area contributed by atoms with Crippen molar-refractivity contribution in [3.05, 3.63) is 22.5 Å². The number of H-pyrrole nitrogens is 1. The molecule has 0 radical (unpaired) electrons. The van der Waals surface area contributed by atoms with Crippen molar-refractivity contribution >= 4 is 11.7 Å². The maximum absolute atomic E-state index is 11.5. The molecule has 1 aliphatic rings. The lowest BCUT2D eigenvalue weighted by molar-refractivity contribution is -0.130. The quantitative estimate of drug-likeness (QED) is 0.631. The van der Waals surface area contributed by atoms with E-state index in [1.807, 2.05) is 6.92 Å². The van der Waals surface area contributed by atoms with Crippen molar-refractivity contribution in [3.8, 4) is 0 Å². The summed E-state index contributed by atoms with van der Waals surface area (Å²) in [5.41, 5.74) is -0.567. The van der Waals surface area contributed by atoms with Gasteiger partial charge in [0.2, 0.25) is 0 Å². The lowest BCUT2D eigenvalue weighted by Crippen LogP contribution is -2.59. The molecule has 3 N–H and O–H groups in total. The minimum absolute atomic E-state index is 0.0288. The topological polar surface area (TPSA) is 96.1 Å². The van der Waals surface area contributed by atoms with Crippen LogP contribution in [0.4, 0.5) is 5.82 Å². The van der Waals surface area contributed by atoms with Gasteiger partial charge < -0.3 is 15.4 Å². The molecule has 1 amide bonds. The van der Waals surface area contributed by atoms with Gasteiger partial charge in [-0.15, -0.1) is 0 Å². The molecule has 1 aromatic rings. The first kappa shape index (κ1) is 11.7. The highest BCUT2D eigenvalue weighted by atomic mass is 16.5. The molecule has 1 aromatic heterocycles. The van der Waals surface area contributed by atoms with Crippen molar-refractivity contribution in [2.45, 2.75) is 12.5 Å². The Kier molecular flexibility index (Phi) is 3.21. The van der Waals surface area contributed by atoms with E-state index in [1.165, 1.54) is 12.1 Å². The maximum Gasteiger partial charge on any atom is 0.264 e. The van der Waals surface area contributed by atoms with Gasteiger partial charge >= 0.3 is 0 Å². The number of rotatable bonds is 4. The number of hydrogen-bond donors (Lipinski definition) is 3. The molecule has 0 spiro atoms. The molecule has 92 valence electrons. The summed E-state index contributed by atoms with van der Waals surface area (Å²) in [4.78, 5) is 22.2. The minimum Gasteiger partial charge on any atom is -0.363 e. The Morgan fingerprint density at radius 1 is 1.59 bits per heavy atom. The summed E-state index contributed by atoms with van der Waals surface area (Å²) < 4.78 is 5.45. The van der Waals surface area contributed by atoms with Crippen molar-refractivity contribution < 1.29 is 9.53 Å². The van der Waals surface area contributed by atoms with Gasteiger partial charge in [0.15, 0.2) is 5.82 Å². The lowest BCUT2D eigenvalue weighted by atomic mass is 10.0. The first-order valence-electron chi connectivity index (χ1n) is 5.28. The summed E-state index contributed by atoms with van der Waals surface area (Å²) in [7, 11) is 0. The van der Waals surface area contributed by atoms with Crippen LogP contribution >= 0.6 is 0 Å². The fraction of sp³-hybridized carbons (Fsp3) is 0.500. The molecule has 0 aliphatic carbocycles. The summed E-state index contributed by atoms with van der Waals surface area (Å²) in [6, 6.07) is 2.73. The number of nitrogens with one attached hydrogen (secondary N) is 3. The van der Waals surface area contributed by atoms with Crippen LogP contribution in [0.5, 0.6) is 0 Å². The van der Waals surface area contributed by atoms with Crippen LogP contribution in [0.2, 0.25) is 0 Å². The summed E-state index contributed by atoms with van der Waals surface area (Å²) >= 11 is 0. The van der Waals surface area contributed by atoms with E-state index in [4.69, 9.17) is 4.74 Å². The Morgan fingerprint density at radius 2 is 2.35 bits per heavy atom. The fourth-order valence-electron chi connectivity index (χ4n) is 1.41. The molecular formula is C10H14N4O3. The Labute approximate surface area is 97.6 Å². The molecule has 17 heavy (non-hydrogen) atoms. The van der Waals surface area contributed by atoms with Crippen molar-refractivity contribution in [1.29, 1.82) is 0 Å². The molecule has 0 aromatic carbocycles. The van der Waals surface area contributed by atoms with Gasteiger partial charge in [0.1, 0.15) is 6.61 Å². The van der Waals surface area contributed by atoms with Gasteiger partial charge in [0, 0.05) is 19.2 Å². The van der Waals surface area contributed by atoms with E-state index in [0.29, 0.717) is 5.82 Å². The van der Waals surface area contributed by atoms with Crippen molar-refractivity contribution in [2.24, 2.45) is 0 Å². The van der Waals surface area contributed by atoms with Crippen LogP contribution in [0.25, 0.3) is 0 Å². The zero-order chi connectivity index (χ0) is 12.3. The molecule has 0 unspecified atom stereocenters. The average molecular weight is 238 g/mol. The molecule has 2 heterocycles. The number of anilines is 1. The minimum atomic E-state index is -0.313. The van der Waals surface area contributed by atoms with E-state index in [-0.39, 0.29) is 23.7 Å². The number of carbonyl (C=O) groups excluding carboxylic acids is 1. The van der Waals surface area contributed by atoms with Crippen LogP contribution in [-0.4, -0.2) is 41.4 Å². The van der Waals surface area contributed by atoms with E-state index in [0.717, 1.165) is 13.1 Å². The summed E-state index contributed by atoms with van der Waals surface area (Å²) in [6.45, 7) is 3.41. The van der Waals surface area contributed by atoms with Crippen LogP contribution in [0.1, 0.15) is 6.92 Å². The molecule has 7 nitrogen and oxygen atoms in total. The Morgan fingerprint density at radius 3 is 2.88 bits per heavy atom. The molecular weight excluding hydrogens is 224 g/mol. The maximum atomic E-state index is 11.5. The number of carbonyl (C=O) groups is 1. The molecule has 0 atom stereocenters. The molecule has 1 fully saturated rings. The van der Waals surface area contributed by atoms with Crippen LogP contribution < -0.4 is 16.2 Å². The van der Waals surface area contributed by atoms with Gasteiger partial charge in [-0.25, -0.2) is 5.10 Å². The van der Waals surface area contributed by atoms with Gasteiger partial charge in [-0.2, -0.15) is 5.10 Å². The highest BCUT2D eigenvalue weighted by molar-refractivity contribution is 5.90. The number of nitrogens with zero attached hydrogens (tertiary/aromatic N) is 1. The third kappa shape index (κ3) is 3.11. The van der Waals surface area contributed by atoms with Gasteiger partial charge in [0.05, 0.1) is 5.60 Å². The standard InChI is InChI=1S/C10H14N4O3/c1-10(5-11-6-10)17-4-9(16)12-7-2-3-8(15)14-13-7/h2-3,11H,4-6H2,1H3,(H,14,15)(H,12,13,16). The zero-order valence-corrected chi connectivity index (χ0v) is 9.45. The van der Waals surface area contributed by atoms with Crippen molar-refractivity contribution in [2.75, 3.05) is 25.0 Å². The monoisotopic (exact) mass is 238 g/mol. The Bertz CT molecular complexity index is 446. The highest BCUT2D eigenvalue weighted by Gasteiger charge is 2.32. The summed E-state index contributed by atoms with van der Waals surface area (Å²) in [6.07, 6.45) is 0. The van der Waals surface area contributed by atoms with Gasteiger partial charge in [-0.1, -0.05) is 0 Å². The van der Waals surface area contributed by atoms with Crippen LogP contribution in [0.15, 0.2) is 16.9 Å². The molecule has 1 aliphatic heterocycles. The zero-order valence-electron chi connectivity index (χ0n) is 9.45. The van der Waals surface area contributed by atoms with E-state index in [1.54, 1.807) is 0 Å². The third-order valence-electron chi connectivity index (χ3n) is 2.50. The van der Waals surface area contributed by atoms with Gasteiger partial charge in [0.25, 0.3) is 11.5 Å². The predicted molar refractivity (Wildman–Crippen MR) is 60.7 cm³/mol. The second-order valence-electron chi connectivity index (χ2n) is 4.20. The van der Waals surface area contributed by atoms with E-state index in [2.05, 4.69) is 20.8 Å². The third-order valence-corrected chi connectivity index (χ3v) is 2.50. The normalized spacial score (nSPS) is 17.2. The molecule has 1 saturated heterocycles. The van der Waals surface area contributed by atoms with Crippen molar-refractivity contribution in [3.63, 3.8) is 0 Å². The second kappa shape index (κ2) is 4.64. The number of ether oxygens (including phenoxy) is 1. The Hall–Kier alpha value is -1.73. The number of hydrogen-bond acceptors (Lipinski definition) is 5.